The second kappa shape index (κ2) is 5.85. The standard InChI is InChI=1S/C16H19NO3S/c1-11(2)21(19,20)8-7-16(18)14-9-12-5-3-4-6-13(12)10-15(14)17/h3-6,9-11H,7-8,17H2,1-2H3. The maximum atomic E-state index is 12.2. The van der Waals surface area contributed by atoms with E-state index in [0.29, 0.717) is 11.3 Å². The zero-order valence-corrected chi connectivity index (χ0v) is 13.0. The molecule has 0 amide bonds. The van der Waals surface area contributed by atoms with E-state index >= 15 is 0 Å². The van der Waals surface area contributed by atoms with E-state index in [9.17, 15) is 13.2 Å². The lowest BCUT2D eigenvalue weighted by molar-refractivity contribution is 0.0989. The molecule has 2 rings (SSSR count). The van der Waals surface area contributed by atoms with Crippen LogP contribution in [0.25, 0.3) is 10.8 Å². The number of carbonyl (C=O) groups is 1. The van der Waals surface area contributed by atoms with Crippen molar-refractivity contribution in [1.29, 1.82) is 0 Å². The topological polar surface area (TPSA) is 77.2 Å². The monoisotopic (exact) mass is 305 g/mol. The fraction of sp³-hybridized carbons (Fsp3) is 0.312. The van der Waals surface area contributed by atoms with E-state index in [1.54, 1.807) is 26.0 Å². The number of nitrogen functional groups attached to an aromatic ring is 1. The van der Waals surface area contributed by atoms with E-state index < -0.39 is 15.1 Å². The Morgan fingerprint density at radius 2 is 1.71 bits per heavy atom. The number of sulfone groups is 1. The quantitative estimate of drug-likeness (QED) is 0.680. The van der Waals surface area contributed by atoms with Gasteiger partial charge in [0.05, 0.1) is 11.0 Å². The van der Waals surface area contributed by atoms with Gasteiger partial charge in [0.25, 0.3) is 0 Å². The normalized spacial score (nSPS) is 12.0. The third-order valence-corrected chi connectivity index (χ3v) is 5.76. The average molecular weight is 305 g/mol. The van der Waals surface area contributed by atoms with Gasteiger partial charge in [-0.15, -0.1) is 0 Å². The van der Waals surface area contributed by atoms with Crippen molar-refractivity contribution in [3.05, 3.63) is 42.0 Å². The summed E-state index contributed by atoms with van der Waals surface area (Å²) in [5.41, 5.74) is 6.70. The summed E-state index contributed by atoms with van der Waals surface area (Å²) < 4.78 is 23.6. The molecule has 0 atom stereocenters. The fourth-order valence-corrected chi connectivity index (χ4v) is 3.05. The number of anilines is 1. The Labute approximate surface area is 124 Å². The maximum absolute atomic E-state index is 12.2. The number of Topliss-reactive ketones (excluding diaryl/α,β-unsaturated/α-hetero) is 1. The molecular weight excluding hydrogens is 286 g/mol. The predicted molar refractivity (Wildman–Crippen MR) is 86.2 cm³/mol. The molecule has 0 fully saturated rings. The molecule has 0 radical (unpaired) electrons. The zero-order chi connectivity index (χ0) is 15.6. The molecule has 0 aliphatic heterocycles. The SMILES string of the molecule is CC(C)S(=O)(=O)CCC(=O)c1cc2ccccc2cc1N. The molecule has 0 bridgehead atoms. The van der Waals surface area contributed by atoms with Crippen molar-refractivity contribution in [3.63, 3.8) is 0 Å². The van der Waals surface area contributed by atoms with Crippen molar-refractivity contribution in [2.45, 2.75) is 25.5 Å². The number of nitrogens with two attached hydrogens (primary N) is 1. The lowest BCUT2D eigenvalue weighted by Gasteiger charge is -2.09. The summed E-state index contributed by atoms with van der Waals surface area (Å²) in [4.78, 5) is 12.2. The molecule has 2 N–H and O–H groups in total. The Morgan fingerprint density at radius 1 is 1.14 bits per heavy atom. The fourth-order valence-electron chi connectivity index (χ4n) is 2.10. The van der Waals surface area contributed by atoms with Gasteiger partial charge in [-0.1, -0.05) is 24.3 Å². The van der Waals surface area contributed by atoms with E-state index in [0.717, 1.165) is 10.8 Å². The first-order valence-electron chi connectivity index (χ1n) is 6.84. The van der Waals surface area contributed by atoms with Crippen LogP contribution in [0, 0.1) is 0 Å². The van der Waals surface area contributed by atoms with Crippen LogP contribution >= 0.6 is 0 Å². The van der Waals surface area contributed by atoms with Crippen LogP contribution in [-0.2, 0) is 9.84 Å². The summed E-state index contributed by atoms with van der Waals surface area (Å²) in [6.07, 6.45) is -0.0386. The van der Waals surface area contributed by atoms with E-state index in [4.69, 9.17) is 5.73 Å². The van der Waals surface area contributed by atoms with Gasteiger partial charge >= 0.3 is 0 Å². The van der Waals surface area contributed by atoms with Gasteiger partial charge in [0.2, 0.25) is 0 Å². The highest BCUT2D eigenvalue weighted by molar-refractivity contribution is 7.91. The number of hydrogen-bond donors (Lipinski definition) is 1. The van der Waals surface area contributed by atoms with E-state index in [2.05, 4.69) is 0 Å². The number of hydrogen-bond acceptors (Lipinski definition) is 4. The first-order valence-corrected chi connectivity index (χ1v) is 8.56. The van der Waals surface area contributed by atoms with Gasteiger partial charge in [-0.25, -0.2) is 8.42 Å². The average Bonchev–Trinajstić information content (AvgIpc) is 2.44. The van der Waals surface area contributed by atoms with Crippen molar-refractivity contribution < 1.29 is 13.2 Å². The van der Waals surface area contributed by atoms with Gasteiger partial charge in [0, 0.05) is 17.7 Å². The van der Waals surface area contributed by atoms with Crippen LogP contribution in [0.15, 0.2) is 36.4 Å². The highest BCUT2D eigenvalue weighted by atomic mass is 32.2. The van der Waals surface area contributed by atoms with E-state index in [1.807, 2.05) is 24.3 Å². The Hall–Kier alpha value is -1.88. The molecule has 112 valence electrons. The summed E-state index contributed by atoms with van der Waals surface area (Å²) in [7, 11) is -3.22. The van der Waals surface area contributed by atoms with Gasteiger partial charge in [-0.2, -0.15) is 0 Å². The third-order valence-electron chi connectivity index (χ3n) is 3.55. The maximum Gasteiger partial charge on any atom is 0.165 e. The van der Waals surface area contributed by atoms with Crippen molar-refractivity contribution in [1.82, 2.24) is 0 Å². The van der Waals surface area contributed by atoms with Crippen molar-refractivity contribution in [2.75, 3.05) is 11.5 Å². The van der Waals surface area contributed by atoms with Crippen LogP contribution < -0.4 is 5.73 Å². The van der Waals surface area contributed by atoms with E-state index in [-0.39, 0.29) is 18.0 Å². The summed E-state index contributed by atoms with van der Waals surface area (Å²) >= 11 is 0. The van der Waals surface area contributed by atoms with Crippen molar-refractivity contribution in [2.24, 2.45) is 0 Å². The van der Waals surface area contributed by atoms with Crippen LogP contribution in [-0.4, -0.2) is 25.2 Å². The minimum absolute atomic E-state index is 0.0386. The molecule has 0 saturated heterocycles. The lowest BCUT2D eigenvalue weighted by atomic mass is 10.0. The minimum Gasteiger partial charge on any atom is -0.398 e. The highest BCUT2D eigenvalue weighted by Crippen LogP contribution is 2.23. The largest absolute Gasteiger partial charge is 0.398 e. The van der Waals surface area contributed by atoms with Crippen LogP contribution in [0.2, 0.25) is 0 Å². The number of carbonyl (C=O) groups excluding carboxylic acids is 1. The van der Waals surface area contributed by atoms with Gasteiger partial charge < -0.3 is 5.73 Å². The predicted octanol–water partition coefficient (Wildman–Crippen LogP) is 2.82. The Balaban J connectivity index is 2.26. The smallest absolute Gasteiger partial charge is 0.165 e. The van der Waals surface area contributed by atoms with Gasteiger partial charge in [0.15, 0.2) is 15.6 Å². The molecule has 2 aromatic carbocycles. The molecule has 0 aliphatic carbocycles. The summed E-state index contributed by atoms with van der Waals surface area (Å²) in [5, 5.41) is 1.40. The summed E-state index contributed by atoms with van der Waals surface area (Å²) in [6, 6.07) is 11.1. The summed E-state index contributed by atoms with van der Waals surface area (Å²) in [5.74, 6) is -0.377. The lowest BCUT2D eigenvalue weighted by Crippen LogP contribution is -2.20. The van der Waals surface area contributed by atoms with Crippen LogP contribution in [0.4, 0.5) is 5.69 Å². The van der Waals surface area contributed by atoms with Crippen molar-refractivity contribution >= 4 is 32.1 Å². The molecule has 5 heteroatoms. The number of rotatable bonds is 5. The molecule has 0 aromatic heterocycles. The second-order valence-corrected chi connectivity index (χ2v) is 8.05. The minimum atomic E-state index is -3.22. The highest BCUT2D eigenvalue weighted by Gasteiger charge is 2.19. The number of ketones is 1. The molecular formula is C16H19NO3S. The second-order valence-electron chi connectivity index (χ2n) is 5.38. The molecule has 0 spiro atoms. The Bertz CT molecular complexity index is 779. The first-order chi connectivity index (χ1) is 9.81. The van der Waals surface area contributed by atoms with Gasteiger partial charge in [-0.05, 0) is 36.8 Å². The number of benzene rings is 2. The summed E-state index contributed by atoms with van der Waals surface area (Å²) in [6.45, 7) is 3.23. The molecule has 0 unspecified atom stereocenters. The third kappa shape index (κ3) is 3.42. The first kappa shape index (κ1) is 15.5. The number of fused-ring (bicyclic) bond motifs is 1. The van der Waals surface area contributed by atoms with Crippen molar-refractivity contribution in [3.8, 4) is 0 Å². The van der Waals surface area contributed by atoms with Gasteiger partial charge in [-0.3, -0.25) is 4.79 Å². The molecule has 4 nitrogen and oxygen atoms in total. The Morgan fingerprint density at radius 3 is 2.29 bits per heavy atom. The molecule has 2 aromatic rings. The van der Waals surface area contributed by atoms with Crippen LogP contribution in [0.1, 0.15) is 30.6 Å². The van der Waals surface area contributed by atoms with Crippen LogP contribution in [0.5, 0.6) is 0 Å². The molecule has 21 heavy (non-hydrogen) atoms. The molecule has 0 aliphatic rings. The molecule has 0 heterocycles. The molecule has 0 saturated carbocycles. The Kier molecular flexibility index (Phi) is 4.32. The van der Waals surface area contributed by atoms with Crippen LogP contribution in [0.3, 0.4) is 0 Å². The zero-order valence-electron chi connectivity index (χ0n) is 12.2. The van der Waals surface area contributed by atoms with Gasteiger partial charge in [0.1, 0.15) is 0 Å². The van der Waals surface area contributed by atoms with E-state index in [1.165, 1.54) is 0 Å².